The average molecular weight is 235 g/mol. The Morgan fingerprint density at radius 3 is 2.65 bits per heavy atom. The van der Waals surface area contributed by atoms with Gasteiger partial charge < -0.3 is 10.1 Å². The third kappa shape index (κ3) is 5.00. The molecule has 0 aromatic heterocycles. The van der Waals surface area contributed by atoms with Crippen LogP contribution in [0.5, 0.6) is 0 Å². The summed E-state index contributed by atoms with van der Waals surface area (Å²) in [6.45, 7) is 2.59. The number of carbonyl (C=O) groups excluding carboxylic acids is 1. The molecule has 0 bridgehead atoms. The Labute approximate surface area is 103 Å². The van der Waals surface area contributed by atoms with Gasteiger partial charge in [-0.05, 0) is 25.5 Å². The molecule has 1 rings (SSSR count). The molecule has 0 saturated carbocycles. The lowest BCUT2D eigenvalue weighted by Crippen LogP contribution is -2.37. The quantitative estimate of drug-likeness (QED) is 0.581. The summed E-state index contributed by atoms with van der Waals surface area (Å²) in [6.07, 6.45) is 2.63. The van der Waals surface area contributed by atoms with E-state index in [4.69, 9.17) is 4.74 Å². The highest BCUT2D eigenvalue weighted by molar-refractivity contribution is 5.76. The lowest BCUT2D eigenvalue weighted by Gasteiger charge is -2.15. The zero-order valence-electron chi connectivity index (χ0n) is 10.6. The highest BCUT2D eigenvalue weighted by atomic mass is 16.5. The SMILES string of the molecule is CCCCOC(=O)C(Cc1ccccc1)NC. The summed E-state index contributed by atoms with van der Waals surface area (Å²) in [5.74, 6) is -0.162. The van der Waals surface area contributed by atoms with Crippen molar-refractivity contribution < 1.29 is 9.53 Å². The van der Waals surface area contributed by atoms with Crippen molar-refractivity contribution in [1.29, 1.82) is 0 Å². The Balaban J connectivity index is 2.45. The summed E-state index contributed by atoms with van der Waals surface area (Å²) in [4.78, 5) is 11.8. The second kappa shape index (κ2) is 7.85. The normalized spacial score (nSPS) is 12.1. The third-order valence-corrected chi connectivity index (χ3v) is 2.66. The van der Waals surface area contributed by atoms with Gasteiger partial charge in [0.1, 0.15) is 6.04 Å². The van der Waals surface area contributed by atoms with E-state index in [-0.39, 0.29) is 12.0 Å². The number of rotatable bonds is 7. The van der Waals surface area contributed by atoms with E-state index in [0.717, 1.165) is 18.4 Å². The number of esters is 1. The average Bonchev–Trinajstić information content (AvgIpc) is 2.37. The molecule has 0 saturated heterocycles. The Morgan fingerprint density at radius 1 is 1.35 bits per heavy atom. The second-order valence-electron chi connectivity index (χ2n) is 4.05. The summed E-state index contributed by atoms with van der Waals surface area (Å²) in [6, 6.07) is 9.70. The van der Waals surface area contributed by atoms with Gasteiger partial charge in [-0.25, -0.2) is 0 Å². The highest BCUT2D eigenvalue weighted by Gasteiger charge is 2.17. The van der Waals surface area contributed by atoms with Gasteiger partial charge in [-0.1, -0.05) is 43.7 Å². The molecule has 3 heteroatoms. The van der Waals surface area contributed by atoms with Crippen LogP contribution >= 0.6 is 0 Å². The maximum Gasteiger partial charge on any atom is 0.323 e. The summed E-state index contributed by atoms with van der Waals surface area (Å²) in [7, 11) is 1.79. The van der Waals surface area contributed by atoms with Crippen molar-refractivity contribution in [2.45, 2.75) is 32.2 Å². The van der Waals surface area contributed by atoms with E-state index in [1.165, 1.54) is 0 Å². The standard InChI is InChI=1S/C14H21NO2/c1-3-4-10-17-14(16)13(15-2)11-12-8-6-5-7-9-12/h5-9,13,15H,3-4,10-11H2,1-2H3. The Kier molecular flexibility index (Phi) is 6.33. The first kappa shape index (κ1) is 13.7. The van der Waals surface area contributed by atoms with Crippen LogP contribution in [0.1, 0.15) is 25.3 Å². The van der Waals surface area contributed by atoms with Gasteiger partial charge in [0, 0.05) is 0 Å². The van der Waals surface area contributed by atoms with E-state index in [2.05, 4.69) is 12.2 Å². The molecule has 1 aromatic rings. The second-order valence-corrected chi connectivity index (χ2v) is 4.05. The first-order valence-electron chi connectivity index (χ1n) is 6.15. The maximum absolute atomic E-state index is 11.8. The van der Waals surface area contributed by atoms with Gasteiger partial charge in [0.2, 0.25) is 0 Å². The van der Waals surface area contributed by atoms with Gasteiger partial charge in [-0.3, -0.25) is 4.79 Å². The molecule has 0 aliphatic rings. The molecule has 0 amide bonds. The molecule has 0 fully saturated rings. The van der Waals surface area contributed by atoms with Crippen LogP contribution in [0.2, 0.25) is 0 Å². The fraction of sp³-hybridized carbons (Fsp3) is 0.500. The van der Waals surface area contributed by atoms with Crippen LogP contribution in [-0.4, -0.2) is 25.7 Å². The van der Waals surface area contributed by atoms with Gasteiger partial charge in [0.15, 0.2) is 0 Å². The zero-order chi connectivity index (χ0) is 12.5. The molecule has 0 radical (unpaired) electrons. The van der Waals surface area contributed by atoms with Crippen molar-refractivity contribution in [3.63, 3.8) is 0 Å². The topological polar surface area (TPSA) is 38.3 Å². The first-order chi connectivity index (χ1) is 8.27. The molecule has 1 N–H and O–H groups in total. The van der Waals surface area contributed by atoms with E-state index in [1.54, 1.807) is 7.05 Å². The Morgan fingerprint density at radius 2 is 2.06 bits per heavy atom. The molecule has 0 aliphatic carbocycles. The van der Waals surface area contributed by atoms with E-state index >= 15 is 0 Å². The van der Waals surface area contributed by atoms with Crippen molar-refractivity contribution in [3.8, 4) is 0 Å². The summed E-state index contributed by atoms with van der Waals surface area (Å²) >= 11 is 0. The van der Waals surface area contributed by atoms with Gasteiger partial charge in [-0.15, -0.1) is 0 Å². The van der Waals surface area contributed by atoms with Crippen LogP contribution in [-0.2, 0) is 16.0 Å². The minimum absolute atomic E-state index is 0.162. The molecule has 0 heterocycles. The number of carbonyl (C=O) groups is 1. The smallest absolute Gasteiger partial charge is 0.323 e. The van der Waals surface area contributed by atoms with Crippen LogP contribution in [0, 0.1) is 0 Å². The van der Waals surface area contributed by atoms with Crippen molar-refractivity contribution in [1.82, 2.24) is 5.32 Å². The molecule has 0 spiro atoms. The van der Waals surface area contributed by atoms with Crippen molar-refractivity contribution in [2.24, 2.45) is 0 Å². The summed E-state index contributed by atoms with van der Waals surface area (Å²) in [5, 5.41) is 3.00. The number of hydrogen-bond acceptors (Lipinski definition) is 3. The highest BCUT2D eigenvalue weighted by Crippen LogP contribution is 2.04. The number of unbranched alkanes of at least 4 members (excludes halogenated alkanes) is 1. The molecular weight excluding hydrogens is 214 g/mol. The van der Waals surface area contributed by atoms with Gasteiger partial charge in [-0.2, -0.15) is 0 Å². The molecule has 94 valence electrons. The minimum Gasteiger partial charge on any atom is -0.465 e. The van der Waals surface area contributed by atoms with Gasteiger partial charge >= 0.3 is 5.97 Å². The lowest BCUT2D eigenvalue weighted by atomic mass is 10.1. The largest absolute Gasteiger partial charge is 0.465 e. The fourth-order valence-electron chi connectivity index (χ4n) is 1.57. The predicted octanol–water partition coefficient (Wildman–Crippen LogP) is 2.16. The number of nitrogens with one attached hydrogen (secondary N) is 1. The molecule has 1 atom stereocenters. The van der Waals surface area contributed by atoms with Crippen LogP contribution in [0.3, 0.4) is 0 Å². The molecule has 1 unspecified atom stereocenters. The minimum atomic E-state index is -0.255. The van der Waals surface area contributed by atoms with Crippen molar-refractivity contribution in [3.05, 3.63) is 35.9 Å². The molecule has 3 nitrogen and oxygen atoms in total. The van der Waals surface area contributed by atoms with Crippen molar-refractivity contribution in [2.75, 3.05) is 13.7 Å². The van der Waals surface area contributed by atoms with Gasteiger partial charge in [0.05, 0.1) is 6.61 Å². The number of ether oxygens (including phenoxy) is 1. The third-order valence-electron chi connectivity index (χ3n) is 2.66. The van der Waals surface area contributed by atoms with Crippen LogP contribution < -0.4 is 5.32 Å². The number of benzene rings is 1. The Hall–Kier alpha value is -1.35. The summed E-state index contributed by atoms with van der Waals surface area (Å²) in [5.41, 5.74) is 1.14. The van der Waals surface area contributed by atoms with E-state index in [9.17, 15) is 4.79 Å². The van der Waals surface area contributed by atoms with E-state index < -0.39 is 0 Å². The molecule has 17 heavy (non-hydrogen) atoms. The summed E-state index contributed by atoms with van der Waals surface area (Å²) < 4.78 is 5.21. The maximum atomic E-state index is 11.8. The van der Waals surface area contributed by atoms with Crippen molar-refractivity contribution >= 4 is 5.97 Å². The first-order valence-corrected chi connectivity index (χ1v) is 6.15. The van der Waals surface area contributed by atoms with E-state index in [0.29, 0.717) is 13.0 Å². The number of hydrogen-bond donors (Lipinski definition) is 1. The Bertz CT molecular complexity index is 324. The van der Waals surface area contributed by atoms with Crippen LogP contribution in [0.25, 0.3) is 0 Å². The molecular formula is C14H21NO2. The monoisotopic (exact) mass is 235 g/mol. The molecule has 0 aliphatic heterocycles. The molecule has 1 aromatic carbocycles. The van der Waals surface area contributed by atoms with Crippen LogP contribution in [0.4, 0.5) is 0 Å². The zero-order valence-corrected chi connectivity index (χ0v) is 10.6. The lowest BCUT2D eigenvalue weighted by molar-refractivity contribution is -0.146. The fourth-order valence-corrected chi connectivity index (χ4v) is 1.57. The van der Waals surface area contributed by atoms with E-state index in [1.807, 2.05) is 30.3 Å². The predicted molar refractivity (Wildman–Crippen MR) is 68.9 cm³/mol. The van der Waals surface area contributed by atoms with Crippen LogP contribution in [0.15, 0.2) is 30.3 Å². The number of likely N-dealkylation sites (N-methyl/N-ethyl adjacent to an activating group) is 1. The van der Waals surface area contributed by atoms with Gasteiger partial charge in [0.25, 0.3) is 0 Å².